The molecule has 0 radical (unpaired) electrons. The Kier molecular flexibility index (Phi) is 7.98. The molecule has 6 rings (SSSR count). The summed E-state index contributed by atoms with van der Waals surface area (Å²) in [6, 6.07) is 15.2. The molecule has 0 aliphatic carbocycles. The quantitative estimate of drug-likeness (QED) is 0.194. The Balaban J connectivity index is 1.22. The summed E-state index contributed by atoms with van der Waals surface area (Å²) in [5.41, 5.74) is 1.51. The highest BCUT2D eigenvalue weighted by Crippen LogP contribution is 2.37. The number of hydrogen-bond acceptors (Lipinski definition) is 10. The Morgan fingerprint density at radius 3 is 2.63 bits per heavy atom. The Hall–Kier alpha value is -5.26. The number of halogens is 1. The van der Waals surface area contributed by atoms with Crippen LogP contribution in [0.25, 0.3) is 22.4 Å². The van der Waals surface area contributed by atoms with Gasteiger partial charge >= 0.3 is 0 Å². The van der Waals surface area contributed by atoms with Crippen molar-refractivity contribution >= 4 is 28.8 Å². The van der Waals surface area contributed by atoms with Crippen LogP contribution in [-0.4, -0.2) is 57.3 Å². The molecule has 1 amide bonds. The van der Waals surface area contributed by atoms with Gasteiger partial charge in [-0.3, -0.25) is 4.79 Å². The molecule has 0 saturated carbocycles. The monoisotopic (exact) mass is 584 g/mol. The number of fused-ring (bicyclic) bond motifs is 1. The first kappa shape index (κ1) is 27.9. The summed E-state index contributed by atoms with van der Waals surface area (Å²) < 4.78 is 38.9. The first-order chi connectivity index (χ1) is 21.0. The van der Waals surface area contributed by atoms with E-state index in [2.05, 4.69) is 25.5 Å². The Morgan fingerprint density at radius 2 is 1.88 bits per heavy atom. The minimum absolute atomic E-state index is 0.0734. The number of amides is 1. The third kappa shape index (κ3) is 6.32. The molecule has 5 aromatic rings. The summed E-state index contributed by atoms with van der Waals surface area (Å²) in [6.07, 6.45) is 3.61. The van der Waals surface area contributed by atoms with Gasteiger partial charge in [-0.15, -0.1) is 10.2 Å². The van der Waals surface area contributed by atoms with Crippen molar-refractivity contribution < 1.29 is 27.8 Å². The van der Waals surface area contributed by atoms with E-state index in [0.29, 0.717) is 89.6 Å². The molecule has 2 aromatic heterocycles. The van der Waals surface area contributed by atoms with Crippen molar-refractivity contribution in [2.75, 3.05) is 25.0 Å². The fourth-order valence-corrected chi connectivity index (χ4v) is 4.83. The number of ether oxygens (including phenoxy) is 3. The molecule has 3 aromatic carbocycles. The number of aryl methyl sites for hydroxylation is 1. The zero-order valence-electron chi connectivity index (χ0n) is 23.6. The van der Waals surface area contributed by atoms with Crippen molar-refractivity contribution in [3.05, 3.63) is 72.6 Å². The average Bonchev–Trinajstić information content (AvgIpc) is 3.46. The van der Waals surface area contributed by atoms with E-state index < -0.39 is 5.82 Å². The molecule has 0 spiro atoms. The van der Waals surface area contributed by atoms with Gasteiger partial charge in [-0.2, -0.15) is 0 Å². The number of hydrogen-bond donors (Lipinski definition) is 1. The molecule has 0 bridgehead atoms. The van der Waals surface area contributed by atoms with E-state index in [1.54, 1.807) is 48.2 Å². The molecule has 12 heteroatoms. The van der Waals surface area contributed by atoms with Crippen LogP contribution in [0.15, 0.2) is 65.3 Å². The number of likely N-dealkylation sites (tertiary alicyclic amines) is 1. The van der Waals surface area contributed by atoms with Gasteiger partial charge in [-0.25, -0.2) is 14.4 Å². The van der Waals surface area contributed by atoms with Crippen LogP contribution in [0.5, 0.6) is 23.0 Å². The van der Waals surface area contributed by atoms with E-state index in [4.69, 9.17) is 18.6 Å². The van der Waals surface area contributed by atoms with Crippen LogP contribution in [0.2, 0.25) is 0 Å². The maximum absolute atomic E-state index is 15.3. The highest BCUT2D eigenvalue weighted by Gasteiger charge is 2.22. The Labute approximate surface area is 246 Å². The summed E-state index contributed by atoms with van der Waals surface area (Å²) in [4.78, 5) is 21.6. The van der Waals surface area contributed by atoms with Crippen LogP contribution in [0.4, 0.5) is 15.9 Å². The molecule has 1 saturated heterocycles. The summed E-state index contributed by atoms with van der Waals surface area (Å²) in [6.45, 7) is 5.31. The third-order valence-electron chi connectivity index (χ3n) is 6.96. The van der Waals surface area contributed by atoms with Crippen molar-refractivity contribution in [3.63, 3.8) is 0 Å². The number of carbonyl (C=O) groups excluding carboxylic acids is 1. The molecule has 0 atom stereocenters. The SMILES string of the molecule is CCOc1cc2ncnc(Nc3ccc(Oc4cccc(-c5nnc(C)o5)c4)cc3F)c2cc1OC1CCN(C=O)CC1. The molecule has 0 unspecified atom stereocenters. The predicted molar refractivity (Wildman–Crippen MR) is 156 cm³/mol. The smallest absolute Gasteiger partial charge is 0.247 e. The molecule has 1 fully saturated rings. The number of nitrogens with zero attached hydrogens (tertiary/aromatic N) is 5. The molecule has 220 valence electrons. The normalized spacial score (nSPS) is 13.6. The fourth-order valence-electron chi connectivity index (χ4n) is 4.83. The number of aromatic nitrogens is 4. The lowest BCUT2D eigenvalue weighted by atomic mass is 10.1. The lowest BCUT2D eigenvalue weighted by Gasteiger charge is -2.30. The second-order valence-corrected chi connectivity index (χ2v) is 9.95. The molecule has 43 heavy (non-hydrogen) atoms. The maximum Gasteiger partial charge on any atom is 0.247 e. The van der Waals surface area contributed by atoms with Crippen LogP contribution >= 0.6 is 0 Å². The number of benzene rings is 3. The van der Waals surface area contributed by atoms with Gasteiger partial charge in [0.15, 0.2) is 11.5 Å². The van der Waals surface area contributed by atoms with Crippen LogP contribution < -0.4 is 19.5 Å². The summed E-state index contributed by atoms with van der Waals surface area (Å²) in [5.74, 6) is 2.61. The van der Waals surface area contributed by atoms with E-state index in [1.165, 1.54) is 12.4 Å². The van der Waals surface area contributed by atoms with E-state index >= 15 is 4.39 Å². The second kappa shape index (κ2) is 12.3. The first-order valence-corrected chi connectivity index (χ1v) is 13.9. The molecule has 3 heterocycles. The summed E-state index contributed by atoms with van der Waals surface area (Å²) >= 11 is 0. The summed E-state index contributed by atoms with van der Waals surface area (Å²) in [5, 5.41) is 11.6. The van der Waals surface area contributed by atoms with Crippen molar-refractivity contribution in [1.82, 2.24) is 25.1 Å². The molecule has 1 aliphatic rings. The van der Waals surface area contributed by atoms with Crippen LogP contribution in [0.3, 0.4) is 0 Å². The van der Waals surface area contributed by atoms with Gasteiger partial charge in [-0.05, 0) is 43.3 Å². The maximum atomic E-state index is 15.3. The van der Waals surface area contributed by atoms with Crippen LogP contribution in [0.1, 0.15) is 25.7 Å². The van der Waals surface area contributed by atoms with Gasteiger partial charge in [0.05, 0.1) is 17.8 Å². The number of carbonyl (C=O) groups is 1. The first-order valence-electron chi connectivity index (χ1n) is 13.9. The molecular formula is C31H29FN6O5. The van der Waals surface area contributed by atoms with Crippen molar-refractivity contribution in [3.8, 4) is 34.5 Å². The topological polar surface area (TPSA) is 125 Å². The standard InChI is InChI=1S/C31H29FN6O5/c1-3-40-28-16-27-24(15-29(28)43-21-9-11-38(18-39)12-10-21)30(34-17-33-27)35-26-8-7-23(14-25(26)32)42-22-6-4-5-20(13-22)31-37-36-19(2)41-31/h4-8,13-18,21H,3,9-12H2,1-2H3,(H,33,34,35). The number of anilines is 2. The molecule has 1 N–H and O–H groups in total. The highest BCUT2D eigenvalue weighted by molar-refractivity contribution is 5.93. The van der Waals surface area contributed by atoms with Gasteiger partial charge in [-0.1, -0.05) is 6.07 Å². The lowest BCUT2D eigenvalue weighted by molar-refractivity contribution is -0.119. The van der Waals surface area contributed by atoms with Gasteiger partial charge in [0.1, 0.15) is 35.6 Å². The van der Waals surface area contributed by atoms with Crippen LogP contribution in [-0.2, 0) is 4.79 Å². The van der Waals surface area contributed by atoms with E-state index in [-0.39, 0.29) is 11.8 Å². The van der Waals surface area contributed by atoms with E-state index in [0.717, 1.165) is 6.41 Å². The van der Waals surface area contributed by atoms with Gasteiger partial charge < -0.3 is 28.8 Å². The largest absolute Gasteiger partial charge is 0.490 e. The lowest BCUT2D eigenvalue weighted by Crippen LogP contribution is -2.37. The molecule has 1 aliphatic heterocycles. The minimum atomic E-state index is -0.530. The van der Waals surface area contributed by atoms with Crippen molar-refractivity contribution in [2.24, 2.45) is 0 Å². The van der Waals surface area contributed by atoms with Crippen molar-refractivity contribution in [1.29, 1.82) is 0 Å². The second-order valence-electron chi connectivity index (χ2n) is 9.95. The average molecular weight is 585 g/mol. The third-order valence-corrected chi connectivity index (χ3v) is 6.96. The highest BCUT2D eigenvalue weighted by atomic mass is 19.1. The van der Waals surface area contributed by atoms with Crippen LogP contribution in [0, 0.1) is 12.7 Å². The van der Waals surface area contributed by atoms with Gasteiger partial charge in [0, 0.05) is 55.9 Å². The number of piperidine rings is 1. The Morgan fingerprint density at radius 1 is 1.05 bits per heavy atom. The number of rotatable bonds is 10. The zero-order valence-corrected chi connectivity index (χ0v) is 23.6. The van der Waals surface area contributed by atoms with Crippen molar-refractivity contribution in [2.45, 2.75) is 32.8 Å². The predicted octanol–water partition coefficient (Wildman–Crippen LogP) is 6.06. The Bertz CT molecular complexity index is 1750. The number of nitrogens with one attached hydrogen (secondary N) is 1. The zero-order chi connectivity index (χ0) is 29.8. The molecular weight excluding hydrogens is 555 g/mol. The minimum Gasteiger partial charge on any atom is -0.490 e. The van der Waals surface area contributed by atoms with E-state index in [9.17, 15) is 4.79 Å². The van der Waals surface area contributed by atoms with E-state index in [1.807, 2.05) is 19.1 Å². The summed E-state index contributed by atoms with van der Waals surface area (Å²) in [7, 11) is 0. The fraction of sp³-hybridized carbons (Fsp3) is 0.258. The van der Waals surface area contributed by atoms with Gasteiger partial charge in [0.2, 0.25) is 18.2 Å². The molecule has 11 nitrogen and oxygen atoms in total. The van der Waals surface area contributed by atoms with Gasteiger partial charge in [0.25, 0.3) is 0 Å².